The number of terminal acetylenes is 1. The third-order valence-electron chi connectivity index (χ3n) is 2.34. The van der Waals surface area contributed by atoms with Crippen LogP contribution in [0.25, 0.3) is 0 Å². The summed E-state index contributed by atoms with van der Waals surface area (Å²) in [6, 6.07) is 0.152. The normalized spacial score (nSPS) is 19.1. The lowest BCUT2D eigenvalue weighted by Gasteiger charge is -2.21. The van der Waals surface area contributed by atoms with Gasteiger partial charge in [-0.05, 0) is 19.8 Å². The molecule has 1 unspecified atom stereocenters. The highest BCUT2D eigenvalue weighted by Crippen LogP contribution is 2.25. The minimum atomic E-state index is -1.49. The topological polar surface area (TPSA) is 66.4 Å². The van der Waals surface area contributed by atoms with Gasteiger partial charge in [-0.3, -0.25) is 9.59 Å². The Labute approximate surface area is 82.7 Å². The van der Waals surface area contributed by atoms with Gasteiger partial charge in [-0.25, -0.2) is 0 Å². The quantitative estimate of drug-likeness (QED) is 0.503. The third kappa shape index (κ3) is 2.05. The van der Waals surface area contributed by atoms with Crippen LogP contribution in [-0.4, -0.2) is 23.0 Å². The first-order valence-corrected chi connectivity index (χ1v) is 4.48. The fraction of sp³-hybridized carbons (Fsp3) is 0.600. The molecular weight excluding hydrogens is 182 g/mol. The van der Waals surface area contributed by atoms with E-state index in [4.69, 9.17) is 11.5 Å². The van der Waals surface area contributed by atoms with E-state index in [0.29, 0.717) is 0 Å². The molecule has 0 radical (unpaired) electrons. The van der Waals surface area contributed by atoms with Gasteiger partial charge in [0.15, 0.2) is 5.41 Å². The summed E-state index contributed by atoms with van der Waals surface area (Å²) < 4.78 is 0. The lowest BCUT2D eigenvalue weighted by molar-refractivity contribution is -0.154. The van der Waals surface area contributed by atoms with Crippen molar-refractivity contribution >= 4 is 11.9 Å². The molecule has 0 aromatic heterocycles. The third-order valence-corrected chi connectivity index (χ3v) is 2.34. The van der Waals surface area contributed by atoms with Gasteiger partial charge in [0.05, 0.1) is 0 Å². The molecule has 14 heavy (non-hydrogen) atoms. The van der Waals surface area contributed by atoms with E-state index >= 15 is 0 Å². The monoisotopic (exact) mass is 195 g/mol. The minimum absolute atomic E-state index is 0.0825. The van der Waals surface area contributed by atoms with Crippen LogP contribution in [-0.2, 0) is 9.59 Å². The molecule has 0 spiro atoms. The summed E-state index contributed by atoms with van der Waals surface area (Å²) >= 11 is 0. The van der Waals surface area contributed by atoms with Crippen LogP contribution < -0.4 is 5.32 Å². The molecule has 1 saturated carbocycles. The molecular formula is C10H13NO3. The number of carbonyl (C=O) groups is 2. The molecule has 2 N–H and O–H groups in total. The first-order chi connectivity index (χ1) is 6.50. The summed E-state index contributed by atoms with van der Waals surface area (Å²) in [7, 11) is 0. The SMILES string of the molecule is C#CCC(C)(C(=O)O)C(=O)NC1CC1. The Hall–Kier alpha value is -1.50. The Morgan fingerprint density at radius 2 is 2.21 bits per heavy atom. The van der Waals surface area contributed by atoms with Gasteiger partial charge in [0.2, 0.25) is 5.91 Å². The molecule has 0 aromatic rings. The Bertz CT molecular complexity index is 301. The number of carbonyl (C=O) groups excluding carboxylic acids is 1. The van der Waals surface area contributed by atoms with E-state index < -0.39 is 17.3 Å². The van der Waals surface area contributed by atoms with Crippen molar-refractivity contribution in [1.82, 2.24) is 5.32 Å². The first-order valence-electron chi connectivity index (χ1n) is 4.48. The van der Waals surface area contributed by atoms with Crippen molar-refractivity contribution in [3.8, 4) is 12.3 Å². The number of rotatable bonds is 4. The molecule has 1 aliphatic rings. The number of hydrogen-bond donors (Lipinski definition) is 2. The van der Waals surface area contributed by atoms with Crippen LogP contribution in [0, 0.1) is 17.8 Å². The zero-order valence-corrected chi connectivity index (χ0v) is 8.04. The number of nitrogens with one attached hydrogen (secondary N) is 1. The number of hydrogen-bond acceptors (Lipinski definition) is 2. The lowest BCUT2D eigenvalue weighted by atomic mass is 9.86. The fourth-order valence-corrected chi connectivity index (χ4v) is 1.03. The van der Waals surface area contributed by atoms with Gasteiger partial charge >= 0.3 is 5.97 Å². The van der Waals surface area contributed by atoms with Crippen molar-refractivity contribution in [2.75, 3.05) is 0 Å². The molecule has 4 nitrogen and oxygen atoms in total. The standard InChI is InChI=1S/C10H13NO3/c1-3-6-10(2,9(13)14)8(12)11-7-4-5-7/h1,7H,4-6H2,2H3,(H,11,12)(H,13,14). The second-order valence-corrected chi connectivity index (χ2v) is 3.77. The Balaban J connectivity index is 2.69. The number of aliphatic carboxylic acids is 1. The van der Waals surface area contributed by atoms with Crippen LogP contribution >= 0.6 is 0 Å². The highest BCUT2D eigenvalue weighted by Gasteiger charge is 2.42. The van der Waals surface area contributed by atoms with Crippen LogP contribution in [0.3, 0.4) is 0 Å². The smallest absolute Gasteiger partial charge is 0.319 e. The summed E-state index contributed by atoms with van der Waals surface area (Å²) in [5, 5.41) is 11.6. The molecule has 1 aliphatic carbocycles. The average molecular weight is 195 g/mol. The number of carboxylic acid groups (broad SMARTS) is 1. The molecule has 4 heteroatoms. The Kier molecular flexibility index (Phi) is 2.80. The molecule has 1 atom stereocenters. The van der Waals surface area contributed by atoms with E-state index in [1.54, 1.807) is 0 Å². The van der Waals surface area contributed by atoms with Gasteiger partial charge in [0.25, 0.3) is 0 Å². The molecule has 0 saturated heterocycles. The van der Waals surface area contributed by atoms with Crippen LogP contribution in [0.2, 0.25) is 0 Å². The van der Waals surface area contributed by atoms with Crippen molar-refractivity contribution in [3.63, 3.8) is 0 Å². The lowest BCUT2D eigenvalue weighted by Crippen LogP contribution is -2.45. The van der Waals surface area contributed by atoms with Crippen molar-refractivity contribution < 1.29 is 14.7 Å². The highest BCUT2D eigenvalue weighted by atomic mass is 16.4. The number of amides is 1. The zero-order chi connectivity index (χ0) is 10.8. The van der Waals surface area contributed by atoms with E-state index in [1.165, 1.54) is 6.92 Å². The first kappa shape index (κ1) is 10.6. The van der Waals surface area contributed by atoms with Crippen molar-refractivity contribution in [2.24, 2.45) is 5.41 Å². The highest BCUT2D eigenvalue weighted by molar-refractivity contribution is 6.01. The molecule has 0 aliphatic heterocycles. The summed E-state index contributed by atoms with van der Waals surface area (Å²) in [6.45, 7) is 1.35. The van der Waals surface area contributed by atoms with Gasteiger partial charge in [-0.15, -0.1) is 12.3 Å². The average Bonchev–Trinajstić information content (AvgIpc) is 2.88. The van der Waals surface area contributed by atoms with E-state index in [9.17, 15) is 9.59 Å². The fourth-order valence-electron chi connectivity index (χ4n) is 1.03. The predicted octanol–water partition coefficient (Wildman–Crippen LogP) is 0.379. The van der Waals surface area contributed by atoms with E-state index in [2.05, 4.69) is 11.2 Å². The largest absolute Gasteiger partial charge is 0.480 e. The van der Waals surface area contributed by atoms with Crippen molar-refractivity contribution in [2.45, 2.75) is 32.2 Å². The van der Waals surface area contributed by atoms with Crippen LogP contribution in [0.15, 0.2) is 0 Å². The summed E-state index contributed by atoms with van der Waals surface area (Å²) in [4.78, 5) is 22.5. The van der Waals surface area contributed by atoms with Crippen molar-refractivity contribution in [1.29, 1.82) is 0 Å². The molecule has 0 heterocycles. The predicted molar refractivity (Wildman–Crippen MR) is 50.4 cm³/mol. The van der Waals surface area contributed by atoms with Gasteiger partial charge < -0.3 is 10.4 Å². The van der Waals surface area contributed by atoms with Crippen LogP contribution in [0.1, 0.15) is 26.2 Å². The Morgan fingerprint density at radius 3 is 2.57 bits per heavy atom. The van der Waals surface area contributed by atoms with Gasteiger partial charge in [0, 0.05) is 12.5 Å². The van der Waals surface area contributed by atoms with E-state index in [-0.39, 0.29) is 12.5 Å². The van der Waals surface area contributed by atoms with E-state index in [1.807, 2.05) is 0 Å². The maximum absolute atomic E-state index is 11.6. The maximum Gasteiger partial charge on any atom is 0.319 e. The zero-order valence-electron chi connectivity index (χ0n) is 8.04. The Morgan fingerprint density at radius 1 is 1.64 bits per heavy atom. The second-order valence-electron chi connectivity index (χ2n) is 3.77. The molecule has 1 rings (SSSR count). The van der Waals surface area contributed by atoms with Gasteiger partial charge in [-0.2, -0.15) is 0 Å². The molecule has 1 amide bonds. The molecule has 0 bridgehead atoms. The molecule has 76 valence electrons. The summed E-state index contributed by atoms with van der Waals surface area (Å²) in [5.74, 6) is 0.569. The summed E-state index contributed by atoms with van der Waals surface area (Å²) in [5.41, 5.74) is -1.49. The summed E-state index contributed by atoms with van der Waals surface area (Å²) in [6.07, 6.45) is 6.82. The van der Waals surface area contributed by atoms with Crippen molar-refractivity contribution in [3.05, 3.63) is 0 Å². The second kappa shape index (κ2) is 3.70. The molecule has 0 aromatic carbocycles. The van der Waals surface area contributed by atoms with Gasteiger partial charge in [-0.1, -0.05) is 0 Å². The van der Waals surface area contributed by atoms with Crippen LogP contribution in [0.4, 0.5) is 0 Å². The van der Waals surface area contributed by atoms with Gasteiger partial charge in [0.1, 0.15) is 0 Å². The maximum atomic E-state index is 11.6. The van der Waals surface area contributed by atoms with E-state index in [0.717, 1.165) is 12.8 Å². The number of carboxylic acids is 1. The minimum Gasteiger partial charge on any atom is -0.480 e. The molecule has 1 fully saturated rings. The van der Waals surface area contributed by atoms with Crippen LogP contribution in [0.5, 0.6) is 0 Å².